The molecule has 0 bridgehead atoms. The average Bonchev–Trinajstić information content (AvgIpc) is 2.39. The molecule has 0 aliphatic rings. The molecule has 0 amide bonds. The minimum absolute atomic E-state index is 0.469. The standard InChI is InChI=1S/C7H7O.3C2H5O.Zr/c8-6-7-4-2-1-3-5-7;3*1-2-3;/h1-5H,6H2;3*2H2,1H3;/q4*-1;+4. The van der Waals surface area contributed by atoms with Gasteiger partial charge in [0.15, 0.2) is 0 Å². The van der Waals surface area contributed by atoms with Crippen LogP contribution >= 0.6 is 0 Å². The maximum atomic E-state index is 5.88. The Bertz CT molecular complexity index is 301. The summed E-state index contributed by atoms with van der Waals surface area (Å²) < 4.78 is 22.9. The van der Waals surface area contributed by atoms with Crippen molar-refractivity contribution in [2.45, 2.75) is 27.4 Å². The summed E-state index contributed by atoms with van der Waals surface area (Å²) in [5.74, 6) is 0. The Labute approximate surface area is 116 Å². The molecule has 5 heteroatoms. The maximum absolute atomic E-state index is 5.88. The normalized spacial score (nSPS) is 11.7. The zero-order valence-corrected chi connectivity index (χ0v) is 13.8. The Balaban J connectivity index is 2.64. The van der Waals surface area contributed by atoms with Crippen LogP contribution in [0, 0.1) is 0 Å². The molecule has 0 aromatic heterocycles. The zero-order chi connectivity index (χ0) is 13.3. The molecule has 0 heterocycles. The molecule has 0 fully saturated rings. The molecule has 1 aromatic rings. The second-order valence-electron chi connectivity index (χ2n) is 3.57. The molecule has 1 rings (SSSR count). The van der Waals surface area contributed by atoms with Gasteiger partial charge in [0.2, 0.25) is 0 Å². The quantitative estimate of drug-likeness (QED) is 0.696. The van der Waals surface area contributed by atoms with Gasteiger partial charge in [-0.1, -0.05) is 0 Å². The van der Waals surface area contributed by atoms with E-state index in [1.54, 1.807) is 0 Å². The summed E-state index contributed by atoms with van der Waals surface area (Å²) in [6.07, 6.45) is 0. The molecule has 0 spiro atoms. The van der Waals surface area contributed by atoms with Crippen LogP contribution in [0.5, 0.6) is 0 Å². The van der Waals surface area contributed by atoms with Crippen molar-refractivity contribution in [3.63, 3.8) is 0 Å². The van der Waals surface area contributed by atoms with Crippen molar-refractivity contribution in [1.29, 1.82) is 0 Å². The van der Waals surface area contributed by atoms with Gasteiger partial charge in [0, 0.05) is 0 Å². The van der Waals surface area contributed by atoms with Crippen LogP contribution in [0.3, 0.4) is 0 Å². The van der Waals surface area contributed by atoms with Crippen LogP contribution in [-0.2, 0) is 39.9 Å². The van der Waals surface area contributed by atoms with Crippen LogP contribution in [0.2, 0.25) is 0 Å². The number of benzene rings is 1. The SMILES string of the molecule is CC[O][Zr]([O]CC)([O]CC)[O]Cc1ccccc1. The molecule has 0 saturated heterocycles. The predicted octanol–water partition coefficient (Wildman–Crippen LogP) is 3.13. The van der Waals surface area contributed by atoms with Gasteiger partial charge < -0.3 is 0 Å². The van der Waals surface area contributed by atoms with Crippen LogP contribution in [0.1, 0.15) is 26.3 Å². The van der Waals surface area contributed by atoms with Crippen molar-refractivity contribution in [2.75, 3.05) is 19.8 Å². The van der Waals surface area contributed by atoms with Gasteiger partial charge in [0.25, 0.3) is 0 Å². The van der Waals surface area contributed by atoms with Gasteiger partial charge in [0.05, 0.1) is 0 Å². The molecule has 0 radical (unpaired) electrons. The number of hydrogen-bond donors (Lipinski definition) is 0. The van der Waals surface area contributed by atoms with E-state index in [1.165, 1.54) is 0 Å². The van der Waals surface area contributed by atoms with Crippen molar-refractivity contribution in [2.24, 2.45) is 0 Å². The van der Waals surface area contributed by atoms with Gasteiger partial charge in [-0.15, -0.1) is 0 Å². The van der Waals surface area contributed by atoms with E-state index in [0.717, 1.165) is 5.56 Å². The summed E-state index contributed by atoms with van der Waals surface area (Å²) in [6, 6.07) is 9.98. The average molecular weight is 334 g/mol. The zero-order valence-electron chi connectivity index (χ0n) is 11.3. The minimum atomic E-state index is -3.79. The Hall–Kier alpha value is -0.0569. The summed E-state index contributed by atoms with van der Waals surface area (Å²) in [5.41, 5.74) is 1.10. The third-order valence-electron chi connectivity index (χ3n) is 2.22. The topological polar surface area (TPSA) is 36.9 Å². The van der Waals surface area contributed by atoms with E-state index in [1.807, 2.05) is 51.1 Å². The fraction of sp³-hybridized carbons (Fsp3) is 0.538. The summed E-state index contributed by atoms with van der Waals surface area (Å²) in [6.45, 7) is 7.89. The Morgan fingerprint density at radius 1 is 0.778 bits per heavy atom. The molecule has 1 aromatic carbocycles. The fourth-order valence-corrected chi connectivity index (χ4v) is 6.21. The molecule has 0 N–H and O–H groups in total. The van der Waals surface area contributed by atoms with Gasteiger partial charge in [-0.3, -0.25) is 0 Å². The van der Waals surface area contributed by atoms with Crippen molar-refractivity contribution < 1.29 is 33.3 Å². The molecule has 0 aliphatic carbocycles. The second-order valence-corrected chi connectivity index (χ2v) is 8.87. The third-order valence-corrected chi connectivity index (χ3v) is 8.18. The van der Waals surface area contributed by atoms with Gasteiger partial charge in [-0.25, -0.2) is 0 Å². The number of hydrogen-bond acceptors (Lipinski definition) is 4. The van der Waals surface area contributed by atoms with Crippen LogP contribution in [-0.4, -0.2) is 19.8 Å². The van der Waals surface area contributed by atoms with Gasteiger partial charge >= 0.3 is 116 Å². The first-order valence-corrected chi connectivity index (χ1v) is 10.4. The first-order valence-electron chi connectivity index (χ1n) is 6.36. The van der Waals surface area contributed by atoms with Crippen molar-refractivity contribution >= 4 is 0 Å². The predicted molar refractivity (Wildman–Crippen MR) is 66.1 cm³/mol. The molecule has 4 nitrogen and oxygen atoms in total. The van der Waals surface area contributed by atoms with Gasteiger partial charge in [0.1, 0.15) is 0 Å². The Morgan fingerprint density at radius 3 is 1.72 bits per heavy atom. The molecule has 0 saturated carbocycles. The van der Waals surface area contributed by atoms with Crippen molar-refractivity contribution in [3.8, 4) is 0 Å². The molecule has 0 unspecified atom stereocenters. The second kappa shape index (κ2) is 8.94. The summed E-state index contributed by atoms with van der Waals surface area (Å²) in [4.78, 5) is 0. The van der Waals surface area contributed by atoms with E-state index in [0.29, 0.717) is 26.4 Å². The first kappa shape index (κ1) is 16.0. The van der Waals surface area contributed by atoms with Crippen molar-refractivity contribution in [1.82, 2.24) is 0 Å². The van der Waals surface area contributed by atoms with Crippen LogP contribution < -0.4 is 0 Å². The van der Waals surface area contributed by atoms with E-state index < -0.39 is 22.0 Å². The van der Waals surface area contributed by atoms with Crippen LogP contribution in [0.4, 0.5) is 0 Å². The van der Waals surface area contributed by atoms with E-state index in [9.17, 15) is 0 Å². The molecule has 18 heavy (non-hydrogen) atoms. The fourth-order valence-electron chi connectivity index (χ4n) is 1.53. The van der Waals surface area contributed by atoms with E-state index in [-0.39, 0.29) is 0 Å². The third kappa shape index (κ3) is 5.29. The first-order chi connectivity index (χ1) is 8.76. The molecular weight excluding hydrogens is 311 g/mol. The molecule has 0 atom stereocenters. The molecular formula is C13H22O4Zr. The summed E-state index contributed by atoms with van der Waals surface area (Å²) in [7, 11) is 0. The van der Waals surface area contributed by atoms with Gasteiger partial charge in [-0.05, 0) is 0 Å². The van der Waals surface area contributed by atoms with Crippen LogP contribution in [0.15, 0.2) is 30.3 Å². The van der Waals surface area contributed by atoms with Crippen LogP contribution in [0.25, 0.3) is 0 Å². The van der Waals surface area contributed by atoms with Crippen molar-refractivity contribution in [3.05, 3.63) is 35.9 Å². The van der Waals surface area contributed by atoms with E-state index in [2.05, 4.69) is 0 Å². The summed E-state index contributed by atoms with van der Waals surface area (Å²) >= 11 is -3.79. The molecule has 102 valence electrons. The molecule has 0 aliphatic heterocycles. The van der Waals surface area contributed by atoms with E-state index in [4.69, 9.17) is 11.3 Å². The summed E-state index contributed by atoms with van der Waals surface area (Å²) in [5, 5.41) is 0. The Morgan fingerprint density at radius 2 is 1.28 bits per heavy atom. The Kier molecular flexibility index (Phi) is 7.95. The van der Waals surface area contributed by atoms with E-state index >= 15 is 0 Å². The van der Waals surface area contributed by atoms with Gasteiger partial charge in [-0.2, -0.15) is 0 Å². The number of rotatable bonds is 9. The monoisotopic (exact) mass is 332 g/mol.